The normalized spacial score (nSPS) is 10.2. The number of amides is 1. The largest absolute Gasteiger partial charge is 0.376 e. The van der Waals surface area contributed by atoms with Gasteiger partial charge in [-0.3, -0.25) is 4.79 Å². The van der Waals surface area contributed by atoms with E-state index in [4.69, 9.17) is 0 Å². The average molecular weight is 347 g/mol. The predicted octanol–water partition coefficient (Wildman–Crippen LogP) is 3.79. The molecule has 110 valence electrons. The number of hydrogen-bond donors (Lipinski definition) is 2. The summed E-state index contributed by atoms with van der Waals surface area (Å²) in [7, 11) is 0. The highest BCUT2D eigenvalue weighted by Crippen LogP contribution is 2.19. The monoisotopic (exact) mass is 346 g/mol. The van der Waals surface area contributed by atoms with E-state index in [0.29, 0.717) is 6.54 Å². The van der Waals surface area contributed by atoms with Crippen LogP contribution < -0.4 is 10.6 Å². The SMILES string of the molecule is Cc1ccc(CNC(=O)CNc2ccc(Br)c(C)c2)cc1. The van der Waals surface area contributed by atoms with Gasteiger partial charge in [0.15, 0.2) is 0 Å². The smallest absolute Gasteiger partial charge is 0.239 e. The molecule has 2 N–H and O–H groups in total. The van der Waals surface area contributed by atoms with Crippen LogP contribution in [0.25, 0.3) is 0 Å². The van der Waals surface area contributed by atoms with Crippen LogP contribution in [0.15, 0.2) is 46.9 Å². The Bertz CT molecular complexity index is 623. The van der Waals surface area contributed by atoms with E-state index >= 15 is 0 Å². The molecule has 0 unspecified atom stereocenters. The van der Waals surface area contributed by atoms with Gasteiger partial charge in [-0.1, -0.05) is 45.8 Å². The zero-order valence-electron chi connectivity index (χ0n) is 12.2. The molecule has 2 rings (SSSR count). The van der Waals surface area contributed by atoms with Gasteiger partial charge >= 0.3 is 0 Å². The van der Waals surface area contributed by atoms with Gasteiger partial charge in [0.1, 0.15) is 0 Å². The second-order valence-electron chi connectivity index (χ2n) is 5.08. The highest BCUT2D eigenvalue weighted by atomic mass is 79.9. The molecule has 4 heteroatoms. The summed E-state index contributed by atoms with van der Waals surface area (Å²) >= 11 is 3.46. The molecule has 0 aliphatic carbocycles. The lowest BCUT2D eigenvalue weighted by Gasteiger charge is -2.09. The summed E-state index contributed by atoms with van der Waals surface area (Å²) in [6.07, 6.45) is 0. The number of anilines is 1. The molecule has 0 aliphatic heterocycles. The third-order valence-electron chi connectivity index (χ3n) is 3.22. The van der Waals surface area contributed by atoms with Gasteiger partial charge in [-0.25, -0.2) is 0 Å². The van der Waals surface area contributed by atoms with E-state index < -0.39 is 0 Å². The minimum atomic E-state index is -0.0175. The first-order chi connectivity index (χ1) is 10.0. The number of halogens is 1. The number of carbonyl (C=O) groups excluding carboxylic acids is 1. The molecule has 0 aliphatic rings. The van der Waals surface area contributed by atoms with Crippen molar-refractivity contribution in [1.29, 1.82) is 0 Å². The third-order valence-corrected chi connectivity index (χ3v) is 4.11. The minimum absolute atomic E-state index is 0.0175. The fraction of sp³-hybridized carbons (Fsp3) is 0.235. The average Bonchev–Trinajstić information content (AvgIpc) is 2.48. The van der Waals surface area contributed by atoms with Crippen LogP contribution in [0, 0.1) is 13.8 Å². The molecule has 0 bridgehead atoms. The molecular weight excluding hydrogens is 328 g/mol. The van der Waals surface area contributed by atoms with Crippen molar-refractivity contribution in [2.24, 2.45) is 0 Å². The van der Waals surface area contributed by atoms with Crippen molar-refractivity contribution < 1.29 is 4.79 Å². The fourth-order valence-electron chi connectivity index (χ4n) is 1.91. The molecule has 0 fully saturated rings. The molecule has 3 nitrogen and oxygen atoms in total. The highest BCUT2D eigenvalue weighted by Gasteiger charge is 2.02. The van der Waals surface area contributed by atoms with E-state index in [-0.39, 0.29) is 12.5 Å². The molecule has 0 radical (unpaired) electrons. The first-order valence-electron chi connectivity index (χ1n) is 6.87. The summed E-state index contributed by atoms with van der Waals surface area (Å²) in [5.41, 5.74) is 4.41. The van der Waals surface area contributed by atoms with Gasteiger partial charge in [0.25, 0.3) is 0 Å². The topological polar surface area (TPSA) is 41.1 Å². The quantitative estimate of drug-likeness (QED) is 0.864. The molecule has 2 aromatic carbocycles. The van der Waals surface area contributed by atoms with Crippen molar-refractivity contribution in [3.63, 3.8) is 0 Å². The summed E-state index contributed by atoms with van der Waals surface area (Å²) < 4.78 is 1.07. The maximum absolute atomic E-state index is 11.8. The first kappa shape index (κ1) is 15.6. The van der Waals surface area contributed by atoms with Crippen molar-refractivity contribution in [2.45, 2.75) is 20.4 Å². The maximum Gasteiger partial charge on any atom is 0.239 e. The Labute approximate surface area is 133 Å². The minimum Gasteiger partial charge on any atom is -0.376 e. The molecule has 0 heterocycles. The molecule has 2 aromatic rings. The Hall–Kier alpha value is -1.81. The number of carbonyl (C=O) groups is 1. The van der Waals surface area contributed by atoms with E-state index in [2.05, 4.69) is 26.6 Å². The lowest BCUT2D eigenvalue weighted by molar-refractivity contribution is -0.119. The number of rotatable bonds is 5. The third kappa shape index (κ3) is 4.90. The van der Waals surface area contributed by atoms with Gasteiger partial charge in [0.2, 0.25) is 5.91 Å². The van der Waals surface area contributed by atoms with Crippen LogP contribution in [-0.4, -0.2) is 12.5 Å². The highest BCUT2D eigenvalue weighted by molar-refractivity contribution is 9.10. The molecule has 0 aromatic heterocycles. The first-order valence-corrected chi connectivity index (χ1v) is 7.66. The van der Waals surface area contributed by atoms with Crippen molar-refractivity contribution >= 4 is 27.5 Å². The molecule has 0 spiro atoms. The molecule has 21 heavy (non-hydrogen) atoms. The second kappa shape index (κ2) is 7.27. The van der Waals surface area contributed by atoms with Crippen LogP contribution in [0.4, 0.5) is 5.69 Å². The zero-order chi connectivity index (χ0) is 15.2. The Balaban J connectivity index is 1.79. The molecule has 0 saturated heterocycles. The predicted molar refractivity (Wildman–Crippen MR) is 90.4 cm³/mol. The summed E-state index contributed by atoms with van der Waals surface area (Å²) in [5, 5.41) is 6.03. The standard InChI is InChI=1S/C17H19BrN2O/c1-12-3-5-14(6-4-12)10-20-17(21)11-19-15-7-8-16(18)13(2)9-15/h3-9,19H,10-11H2,1-2H3,(H,20,21). The van der Waals surface area contributed by atoms with Gasteiger partial charge in [0, 0.05) is 16.7 Å². The van der Waals surface area contributed by atoms with Gasteiger partial charge in [0.05, 0.1) is 6.54 Å². The van der Waals surface area contributed by atoms with Crippen molar-refractivity contribution in [3.8, 4) is 0 Å². The number of benzene rings is 2. The Morgan fingerprint density at radius 1 is 1.10 bits per heavy atom. The van der Waals surface area contributed by atoms with E-state index in [1.807, 2.05) is 56.3 Å². The maximum atomic E-state index is 11.8. The molecule has 0 saturated carbocycles. The van der Waals surface area contributed by atoms with Crippen molar-refractivity contribution in [3.05, 3.63) is 63.6 Å². The summed E-state index contributed by atoms with van der Waals surface area (Å²) in [6.45, 7) is 4.90. The number of hydrogen-bond acceptors (Lipinski definition) is 2. The van der Waals surface area contributed by atoms with E-state index in [0.717, 1.165) is 21.3 Å². The molecule has 0 atom stereocenters. The van der Waals surface area contributed by atoms with E-state index in [1.54, 1.807) is 0 Å². The van der Waals surface area contributed by atoms with Crippen LogP contribution in [0.1, 0.15) is 16.7 Å². The summed E-state index contributed by atoms with van der Waals surface area (Å²) in [4.78, 5) is 11.8. The lowest BCUT2D eigenvalue weighted by Crippen LogP contribution is -2.29. The molecule has 1 amide bonds. The van der Waals surface area contributed by atoms with E-state index in [1.165, 1.54) is 5.56 Å². The van der Waals surface area contributed by atoms with Crippen molar-refractivity contribution in [1.82, 2.24) is 5.32 Å². The van der Waals surface area contributed by atoms with E-state index in [9.17, 15) is 4.79 Å². The van der Waals surface area contributed by atoms with Gasteiger partial charge in [-0.05, 0) is 43.2 Å². The Morgan fingerprint density at radius 3 is 2.48 bits per heavy atom. The fourth-order valence-corrected chi connectivity index (χ4v) is 2.15. The Kier molecular flexibility index (Phi) is 5.39. The van der Waals surface area contributed by atoms with Crippen LogP contribution in [0.3, 0.4) is 0 Å². The number of aryl methyl sites for hydroxylation is 2. The van der Waals surface area contributed by atoms with Crippen LogP contribution in [0.5, 0.6) is 0 Å². The molecular formula is C17H19BrN2O. The summed E-state index contributed by atoms with van der Waals surface area (Å²) in [6, 6.07) is 14.1. The van der Waals surface area contributed by atoms with Crippen LogP contribution >= 0.6 is 15.9 Å². The number of nitrogens with one attached hydrogen (secondary N) is 2. The van der Waals surface area contributed by atoms with Gasteiger partial charge in [-0.15, -0.1) is 0 Å². The van der Waals surface area contributed by atoms with Crippen molar-refractivity contribution in [2.75, 3.05) is 11.9 Å². The van der Waals surface area contributed by atoms with Gasteiger partial charge in [-0.2, -0.15) is 0 Å². The second-order valence-corrected chi connectivity index (χ2v) is 5.93. The lowest BCUT2D eigenvalue weighted by atomic mass is 10.1. The van der Waals surface area contributed by atoms with Crippen LogP contribution in [-0.2, 0) is 11.3 Å². The van der Waals surface area contributed by atoms with Gasteiger partial charge < -0.3 is 10.6 Å². The summed E-state index contributed by atoms with van der Waals surface area (Å²) in [5.74, 6) is -0.0175. The Morgan fingerprint density at radius 2 is 1.81 bits per heavy atom. The van der Waals surface area contributed by atoms with Crippen LogP contribution in [0.2, 0.25) is 0 Å². The zero-order valence-corrected chi connectivity index (χ0v) is 13.8.